The van der Waals surface area contributed by atoms with Gasteiger partial charge in [0.15, 0.2) is 0 Å². The third kappa shape index (κ3) is 1.00. The fraction of sp³-hybridized carbons (Fsp3) is 1.00. The van der Waals surface area contributed by atoms with E-state index in [1.54, 1.807) is 0 Å². The van der Waals surface area contributed by atoms with E-state index in [0.717, 1.165) is 12.5 Å². The van der Waals surface area contributed by atoms with Gasteiger partial charge in [-0.1, -0.05) is 6.92 Å². The van der Waals surface area contributed by atoms with E-state index in [-0.39, 0.29) is 0 Å². The van der Waals surface area contributed by atoms with E-state index in [4.69, 9.17) is 5.73 Å². The summed E-state index contributed by atoms with van der Waals surface area (Å²) < 4.78 is 0. The molecule has 2 atom stereocenters. The second kappa shape index (κ2) is 2.46. The van der Waals surface area contributed by atoms with Crippen molar-refractivity contribution in [2.24, 2.45) is 11.7 Å². The summed E-state index contributed by atoms with van der Waals surface area (Å²) >= 11 is 0. The van der Waals surface area contributed by atoms with Gasteiger partial charge in [0.2, 0.25) is 0 Å². The van der Waals surface area contributed by atoms with Crippen LogP contribution in [0.25, 0.3) is 0 Å². The van der Waals surface area contributed by atoms with Crippen molar-refractivity contribution >= 4 is 0 Å². The fourth-order valence-corrected chi connectivity index (χ4v) is 2.91. The lowest BCUT2D eigenvalue weighted by Gasteiger charge is -2.30. The fourth-order valence-electron chi connectivity index (χ4n) is 2.91. The lowest BCUT2D eigenvalue weighted by atomic mass is 9.91. The molecule has 0 radical (unpaired) electrons. The summed E-state index contributed by atoms with van der Waals surface area (Å²) in [7, 11) is 0. The molecule has 2 aliphatic rings. The van der Waals surface area contributed by atoms with E-state index in [2.05, 4.69) is 11.8 Å². The predicted molar refractivity (Wildman–Crippen MR) is 46.4 cm³/mol. The van der Waals surface area contributed by atoms with Crippen LogP contribution in [0, 0.1) is 5.92 Å². The molecule has 0 aliphatic carbocycles. The highest BCUT2D eigenvalue weighted by Crippen LogP contribution is 2.40. The van der Waals surface area contributed by atoms with Crippen molar-refractivity contribution in [3.63, 3.8) is 0 Å². The maximum atomic E-state index is 5.83. The molecule has 2 fully saturated rings. The minimum Gasteiger partial charge on any atom is -0.329 e. The zero-order valence-corrected chi connectivity index (χ0v) is 7.34. The van der Waals surface area contributed by atoms with Crippen molar-refractivity contribution in [3.8, 4) is 0 Å². The Bertz CT molecular complexity index is 158. The van der Waals surface area contributed by atoms with Crippen LogP contribution in [0.4, 0.5) is 0 Å². The highest BCUT2D eigenvalue weighted by atomic mass is 15.3. The highest BCUT2D eigenvalue weighted by molar-refractivity contribution is 5.02. The van der Waals surface area contributed by atoms with Crippen LogP contribution in [-0.4, -0.2) is 30.1 Å². The molecule has 11 heavy (non-hydrogen) atoms. The summed E-state index contributed by atoms with van der Waals surface area (Å²) in [6.07, 6.45) is 4.04. The summed E-state index contributed by atoms with van der Waals surface area (Å²) in [6, 6.07) is 0. The van der Waals surface area contributed by atoms with Gasteiger partial charge < -0.3 is 5.73 Å². The maximum Gasteiger partial charge on any atom is 0.0335 e. The van der Waals surface area contributed by atoms with Crippen LogP contribution in [0.3, 0.4) is 0 Å². The molecule has 2 heterocycles. The van der Waals surface area contributed by atoms with Crippen LogP contribution < -0.4 is 5.73 Å². The Morgan fingerprint density at radius 2 is 2.45 bits per heavy atom. The minimum absolute atomic E-state index is 0.430. The highest BCUT2D eigenvalue weighted by Gasteiger charge is 2.45. The predicted octanol–water partition coefficient (Wildman–Crippen LogP) is 0.820. The lowest BCUT2D eigenvalue weighted by Crippen LogP contribution is -2.44. The number of nitrogens with two attached hydrogens (primary N) is 1. The molecule has 0 bridgehead atoms. The normalized spacial score (nSPS) is 44.7. The Kier molecular flexibility index (Phi) is 1.69. The van der Waals surface area contributed by atoms with E-state index in [0.29, 0.717) is 5.54 Å². The van der Waals surface area contributed by atoms with Gasteiger partial charge >= 0.3 is 0 Å². The van der Waals surface area contributed by atoms with Gasteiger partial charge in [-0.2, -0.15) is 0 Å². The lowest BCUT2D eigenvalue weighted by molar-refractivity contribution is 0.204. The Morgan fingerprint density at radius 1 is 1.64 bits per heavy atom. The average Bonchev–Trinajstić information content (AvgIpc) is 2.43. The van der Waals surface area contributed by atoms with Gasteiger partial charge in [0.05, 0.1) is 0 Å². The molecule has 0 aromatic carbocycles. The van der Waals surface area contributed by atoms with Crippen LogP contribution in [0.1, 0.15) is 26.2 Å². The van der Waals surface area contributed by atoms with E-state index < -0.39 is 0 Å². The van der Waals surface area contributed by atoms with E-state index >= 15 is 0 Å². The molecule has 2 N–H and O–H groups in total. The second-order valence-electron chi connectivity index (χ2n) is 4.29. The zero-order valence-electron chi connectivity index (χ0n) is 7.34. The summed E-state index contributed by atoms with van der Waals surface area (Å²) in [4.78, 5) is 2.61. The number of rotatable bonds is 1. The van der Waals surface area contributed by atoms with Crippen molar-refractivity contribution in [1.82, 2.24) is 4.90 Å². The molecule has 0 aromatic rings. The Balaban J connectivity index is 2.15. The van der Waals surface area contributed by atoms with Crippen LogP contribution in [0.2, 0.25) is 0 Å². The molecule has 0 spiro atoms. The third-order valence-corrected chi connectivity index (χ3v) is 3.38. The Labute approximate surface area is 68.7 Å². The zero-order chi connectivity index (χ0) is 7.90. The van der Waals surface area contributed by atoms with Crippen molar-refractivity contribution in [2.75, 3.05) is 19.6 Å². The van der Waals surface area contributed by atoms with E-state index in [1.165, 1.54) is 32.4 Å². The molecular formula is C9H18N2. The summed E-state index contributed by atoms with van der Waals surface area (Å²) in [5.41, 5.74) is 6.26. The molecule has 2 saturated heterocycles. The first-order chi connectivity index (χ1) is 5.27. The number of fused-ring (bicyclic) bond motifs is 1. The number of nitrogens with zero attached hydrogens (tertiary/aromatic N) is 1. The first-order valence-electron chi connectivity index (χ1n) is 4.72. The number of hydrogen-bond donors (Lipinski definition) is 1. The molecule has 0 amide bonds. The Morgan fingerprint density at radius 3 is 3.09 bits per heavy atom. The van der Waals surface area contributed by atoms with Crippen molar-refractivity contribution < 1.29 is 0 Å². The first kappa shape index (κ1) is 7.56. The van der Waals surface area contributed by atoms with Crippen LogP contribution >= 0.6 is 0 Å². The molecule has 0 aromatic heterocycles. The molecule has 64 valence electrons. The van der Waals surface area contributed by atoms with Crippen LogP contribution in [0.15, 0.2) is 0 Å². The molecular weight excluding hydrogens is 136 g/mol. The van der Waals surface area contributed by atoms with Gasteiger partial charge in [0.25, 0.3) is 0 Å². The molecule has 2 heteroatoms. The first-order valence-corrected chi connectivity index (χ1v) is 4.72. The summed E-state index contributed by atoms with van der Waals surface area (Å²) in [5, 5.41) is 0. The Hall–Kier alpha value is -0.0800. The molecule has 2 rings (SSSR count). The average molecular weight is 154 g/mol. The molecule has 0 saturated carbocycles. The molecule has 2 nitrogen and oxygen atoms in total. The SMILES string of the molecule is C[C@H]1CN2CCC[C@@]2(CN)C1. The van der Waals surface area contributed by atoms with Gasteiger partial charge in [-0.25, -0.2) is 0 Å². The van der Waals surface area contributed by atoms with Crippen molar-refractivity contribution in [3.05, 3.63) is 0 Å². The quantitative estimate of drug-likeness (QED) is 0.606. The molecule has 0 unspecified atom stereocenters. The minimum atomic E-state index is 0.430. The second-order valence-corrected chi connectivity index (χ2v) is 4.29. The molecule has 2 aliphatic heterocycles. The largest absolute Gasteiger partial charge is 0.329 e. The number of hydrogen-bond acceptors (Lipinski definition) is 2. The van der Waals surface area contributed by atoms with Gasteiger partial charge in [-0.15, -0.1) is 0 Å². The van der Waals surface area contributed by atoms with Gasteiger partial charge in [-0.05, 0) is 31.7 Å². The van der Waals surface area contributed by atoms with Gasteiger partial charge in [-0.3, -0.25) is 4.90 Å². The monoisotopic (exact) mass is 154 g/mol. The standard InChI is InChI=1S/C9H18N2/c1-8-5-9(7-10)3-2-4-11(9)6-8/h8H,2-7,10H2,1H3/t8-,9+/m1/s1. The van der Waals surface area contributed by atoms with Gasteiger partial charge in [0.1, 0.15) is 0 Å². The van der Waals surface area contributed by atoms with Crippen molar-refractivity contribution in [1.29, 1.82) is 0 Å². The third-order valence-electron chi connectivity index (χ3n) is 3.38. The van der Waals surface area contributed by atoms with E-state index in [9.17, 15) is 0 Å². The smallest absolute Gasteiger partial charge is 0.0335 e. The van der Waals surface area contributed by atoms with E-state index in [1.807, 2.05) is 0 Å². The van der Waals surface area contributed by atoms with Crippen LogP contribution in [-0.2, 0) is 0 Å². The van der Waals surface area contributed by atoms with Gasteiger partial charge in [0, 0.05) is 18.6 Å². The van der Waals surface area contributed by atoms with Crippen molar-refractivity contribution in [2.45, 2.75) is 31.7 Å². The topological polar surface area (TPSA) is 29.3 Å². The summed E-state index contributed by atoms with van der Waals surface area (Å²) in [6.45, 7) is 5.80. The maximum absolute atomic E-state index is 5.83. The summed E-state index contributed by atoms with van der Waals surface area (Å²) in [5.74, 6) is 0.874. The van der Waals surface area contributed by atoms with Crippen LogP contribution in [0.5, 0.6) is 0 Å².